The Hall–Kier alpha value is -0.720. The number of nitrogens with zero attached hydrogens (tertiary/aromatic N) is 2. The summed E-state index contributed by atoms with van der Waals surface area (Å²) in [5, 5.41) is 4.15. The van der Waals surface area contributed by atoms with Crippen molar-refractivity contribution >= 4 is 11.1 Å². The standard InChI is InChI=1S/C8H14N2O3S/c1-6-8(14(11)12)7(2)10(9-6)4-5-13-3/h4-5H2,1-3H3,(H,11,12). The molecule has 14 heavy (non-hydrogen) atoms. The molecule has 0 aliphatic rings. The first-order chi connectivity index (χ1) is 6.57. The van der Waals surface area contributed by atoms with Crippen LogP contribution in [0.25, 0.3) is 0 Å². The van der Waals surface area contributed by atoms with Gasteiger partial charge in [0.15, 0.2) is 11.1 Å². The minimum atomic E-state index is -1.96. The molecule has 1 unspecified atom stereocenters. The van der Waals surface area contributed by atoms with Gasteiger partial charge in [0.05, 0.1) is 24.5 Å². The first-order valence-corrected chi connectivity index (χ1v) is 5.32. The van der Waals surface area contributed by atoms with Gasteiger partial charge < -0.3 is 9.29 Å². The van der Waals surface area contributed by atoms with Gasteiger partial charge in [-0.2, -0.15) is 5.10 Å². The Kier molecular flexibility index (Phi) is 3.79. The van der Waals surface area contributed by atoms with Crippen molar-refractivity contribution in [2.45, 2.75) is 25.3 Å². The molecule has 0 amide bonds. The molecule has 80 valence electrons. The molecular formula is C8H14N2O3S. The van der Waals surface area contributed by atoms with E-state index in [1.165, 1.54) is 0 Å². The molecule has 0 bridgehead atoms. The van der Waals surface area contributed by atoms with Crippen molar-refractivity contribution in [2.75, 3.05) is 13.7 Å². The fraction of sp³-hybridized carbons (Fsp3) is 0.625. The maximum atomic E-state index is 11.0. The monoisotopic (exact) mass is 218 g/mol. The maximum Gasteiger partial charge on any atom is 0.190 e. The normalized spacial score (nSPS) is 13.1. The minimum Gasteiger partial charge on any atom is -0.383 e. The number of aromatic nitrogens is 2. The van der Waals surface area contributed by atoms with Crippen LogP contribution in [0.3, 0.4) is 0 Å². The highest BCUT2D eigenvalue weighted by molar-refractivity contribution is 7.79. The van der Waals surface area contributed by atoms with Gasteiger partial charge in [0.1, 0.15) is 4.90 Å². The third-order valence-electron chi connectivity index (χ3n) is 2.00. The zero-order valence-corrected chi connectivity index (χ0v) is 9.30. The van der Waals surface area contributed by atoms with E-state index in [9.17, 15) is 4.21 Å². The average Bonchev–Trinajstić information content (AvgIpc) is 2.38. The van der Waals surface area contributed by atoms with Crippen LogP contribution in [0, 0.1) is 13.8 Å². The molecule has 1 heterocycles. The van der Waals surface area contributed by atoms with Gasteiger partial charge >= 0.3 is 0 Å². The second kappa shape index (κ2) is 4.68. The molecule has 0 aromatic carbocycles. The molecule has 0 spiro atoms. The summed E-state index contributed by atoms with van der Waals surface area (Å²) in [6.07, 6.45) is 0. The van der Waals surface area contributed by atoms with Crippen LogP contribution in [-0.4, -0.2) is 32.3 Å². The number of hydrogen-bond acceptors (Lipinski definition) is 3. The van der Waals surface area contributed by atoms with Crippen molar-refractivity contribution < 1.29 is 13.5 Å². The summed E-state index contributed by atoms with van der Waals surface area (Å²) in [6.45, 7) is 4.64. The summed E-state index contributed by atoms with van der Waals surface area (Å²) in [5.74, 6) is 0. The molecule has 1 aromatic rings. The van der Waals surface area contributed by atoms with E-state index in [4.69, 9.17) is 9.29 Å². The molecule has 1 rings (SSSR count). The Morgan fingerprint density at radius 3 is 2.64 bits per heavy atom. The van der Waals surface area contributed by atoms with Gasteiger partial charge in [-0.15, -0.1) is 0 Å². The van der Waals surface area contributed by atoms with Gasteiger partial charge in [0.25, 0.3) is 0 Å². The van der Waals surface area contributed by atoms with Gasteiger partial charge in [0, 0.05) is 7.11 Å². The van der Waals surface area contributed by atoms with Crippen LogP contribution in [0.4, 0.5) is 0 Å². The second-order valence-electron chi connectivity index (χ2n) is 2.97. The molecule has 0 aliphatic heterocycles. The van der Waals surface area contributed by atoms with Crippen molar-refractivity contribution in [1.82, 2.24) is 9.78 Å². The van der Waals surface area contributed by atoms with Crippen molar-refractivity contribution in [3.8, 4) is 0 Å². The number of methoxy groups -OCH3 is 1. The Labute approximate surface area is 85.4 Å². The van der Waals surface area contributed by atoms with Crippen molar-refractivity contribution in [3.05, 3.63) is 11.4 Å². The molecule has 0 saturated carbocycles. The van der Waals surface area contributed by atoms with Crippen molar-refractivity contribution in [3.63, 3.8) is 0 Å². The summed E-state index contributed by atoms with van der Waals surface area (Å²) >= 11 is -1.96. The minimum absolute atomic E-state index is 0.404. The van der Waals surface area contributed by atoms with Crippen LogP contribution in [0.1, 0.15) is 11.4 Å². The number of rotatable bonds is 4. The zero-order valence-electron chi connectivity index (χ0n) is 8.48. The van der Waals surface area contributed by atoms with E-state index in [-0.39, 0.29) is 0 Å². The van der Waals surface area contributed by atoms with Crippen molar-refractivity contribution in [1.29, 1.82) is 0 Å². The van der Waals surface area contributed by atoms with E-state index in [1.807, 2.05) is 0 Å². The van der Waals surface area contributed by atoms with Gasteiger partial charge in [0.2, 0.25) is 0 Å². The number of aryl methyl sites for hydroxylation is 1. The van der Waals surface area contributed by atoms with E-state index < -0.39 is 11.1 Å². The predicted molar refractivity (Wildman–Crippen MR) is 52.6 cm³/mol. The van der Waals surface area contributed by atoms with E-state index in [0.29, 0.717) is 23.7 Å². The van der Waals surface area contributed by atoms with Gasteiger partial charge in [-0.05, 0) is 13.8 Å². The zero-order chi connectivity index (χ0) is 10.7. The van der Waals surface area contributed by atoms with Crippen LogP contribution in [0.5, 0.6) is 0 Å². The highest BCUT2D eigenvalue weighted by Crippen LogP contribution is 2.15. The Morgan fingerprint density at radius 2 is 2.21 bits per heavy atom. The average molecular weight is 218 g/mol. The smallest absolute Gasteiger partial charge is 0.190 e. The van der Waals surface area contributed by atoms with Crippen LogP contribution >= 0.6 is 0 Å². The Balaban J connectivity index is 2.98. The number of hydrogen-bond donors (Lipinski definition) is 1. The summed E-state index contributed by atoms with van der Waals surface area (Å²) in [5.41, 5.74) is 1.32. The first kappa shape index (κ1) is 11.4. The summed E-state index contributed by atoms with van der Waals surface area (Å²) in [7, 11) is 1.61. The predicted octanol–water partition coefficient (Wildman–Crippen LogP) is 0.727. The Bertz CT molecular complexity index is 349. The van der Waals surface area contributed by atoms with Crippen LogP contribution in [-0.2, 0) is 22.4 Å². The first-order valence-electron chi connectivity index (χ1n) is 4.21. The maximum absolute atomic E-state index is 11.0. The summed E-state index contributed by atoms with van der Waals surface area (Å²) < 4.78 is 26.6. The molecule has 1 atom stereocenters. The highest BCUT2D eigenvalue weighted by atomic mass is 32.2. The van der Waals surface area contributed by atoms with Gasteiger partial charge in [-0.3, -0.25) is 4.68 Å². The fourth-order valence-electron chi connectivity index (χ4n) is 1.33. The topological polar surface area (TPSA) is 64.4 Å². The largest absolute Gasteiger partial charge is 0.383 e. The lowest BCUT2D eigenvalue weighted by atomic mass is 10.4. The SMILES string of the molecule is COCCn1nc(C)c(S(=O)O)c1C. The second-order valence-corrected chi connectivity index (χ2v) is 3.87. The molecule has 0 radical (unpaired) electrons. The summed E-state index contributed by atoms with van der Waals surface area (Å²) in [4.78, 5) is 0.404. The van der Waals surface area contributed by atoms with Crippen molar-refractivity contribution in [2.24, 2.45) is 0 Å². The molecular weight excluding hydrogens is 204 g/mol. The molecule has 0 fully saturated rings. The summed E-state index contributed by atoms with van der Waals surface area (Å²) in [6, 6.07) is 0. The highest BCUT2D eigenvalue weighted by Gasteiger charge is 2.15. The molecule has 0 saturated heterocycles. The van der Waals surface area contributed by atoms with E-state index in [2.05, 4.69) is 5.10 Å². The quantitative estimate of drug-likeness (QED) is 0.757. The lowest BCUT2D eigenvalue weighted by molar-refractivity contribution is 0.182. The van der Waals surface area contributed by atoms with Crippen LogP contribution in [0.15, 0.2) is 4.90 Å². The molecule has 1 aromatic heterocycles. The van der Waals surface area contributed by atoms with E-state index >= 15 is 0 Å². The van der Waals surface area contributed by atoms with E-state index in [1.54, 1.807) is 25.6 Å². The lowest BCUT2D eigenvalue weighted by Gasteiger charge is -2.02. The van der Waals surface area contributed by atoms with E-state index in [0.717, 1.165) is 5.69 Å². The molecule has 1 N–H and O–H groups in total. The number of ether oxygens (including phenoxy) is 1. The third-order valence-corrected chi connectivity index (χ3v) is 2.94. The molecule has 6 heteroatoms. The third kappa shape index (κ3) is 2.20. The Morgan fingerprint density at radius 1 is 1.57 bits per heavy atom. The van der Waals surface area contributed by atoms with Gasteiger partial charge in [-0.1, -0.05) is 0 Å². The molecule has 5 nitrogen and oxygen atoms in total. The van der Waals surface area contributed by atoms with Crippen LogP contribution in [0.2, 0.25) is 0 Å². The fourth-order valence-corrected chi connectivity index (χ4v) is 1.98. The van der Waals surface area contributed by atoms with Gasteiger partial charge in [-0.25, -0.2) is 4.21 Å². The molecule has 0 aliphatic carbocycles. The van der Waals surface area contributed by atoms with Crippen LogP contribution < -0.4 is 0 Å². The lowest BCUT2D eigenvalue weighted by Crippen LogP contribution is -2.07.